The summed E-state index contributed by atoms with van der Waals surface area (Å²) in [6, 6.07) is 12.3. The largest absolute Gasteiger partial charge is 0.361 e. The average molecular weight is 321 g/mol. The van der Waals surface area contributed by atoms with Crippen molar-refractivity contribution >= 4 is 27.4 Å². The minimum atomic E-state index is -0.0350. The van der Waals surface area contributed by atoms with E-state index in [1.165, 1.54) is 10.9 Å². The van der Waals surface area contributed by atoms with Crippen molar-refractivity contribution in [3.63, 3.8) is 0 Å². The number of aryl methyl sites for hydroxylation is 1. The van der Waals surface area contributed by atoms with Gasteiger partial charge in [-0.3, -0.25) is 4.98 Å². The summed E-state index contributed by atoms with van der Waals surface area (Å²) >= 11 is 1.55. The van der Waals surface area contributed by atoms with Crippen LogP contribution in [0.1, 0.15) is 22.2 Å². The van der Waals surface area contributed by atoms with Crippen LogP contribution in [-0.2, 0) is 0 Å². The number of aromatic amines is 1. The fourth-order valence-corrected chi connectivity index (χ4v) is 3.32. The summed E-state index contributed by atoms with van der Waals surface area (Å²) in [5, 5.41) is 14.7. The number of nitrogens with zero attached hydrogens (tertiary/aromatic N) is 3. The predicted octanol–water partition coefficient (Wildman–Crippen LogP) is 3.92. The Morgan fingerprint density at radius 1 is 1.13 bits per heavy atom. The van der Waals surface area contributed by atoms with E-state index in [2.05, 4.69) is 49.7 Å². The lowest BCUT2D eigenvalue weighted by atomic mass is 10.00. The number of hydrogen-bond acceptors (Lipinski definition) is 5. The number of rotatable bonds is 4. The Kier molecular flexibility index (Phi) is 3.51. The van der Waals surface area contributed by atoms with Crippen LogP contribution in [0.3, 0.4) is 0 Å². The lowest BCUT2D eigenvalue weighted by Crippen LogP contribution is -2.12. The summed E-state index contributed by atoms with van der Waals surface area (Å²) in [4.78, 5) is 7.60. The highest BCUT2D eigenvalue weighted by Gasteiger charge is 2.19. The molecule has 0 aliphatic rings. The first-order valence-electron chi connectivity index (χ1n) is 7.34. The van der Waals surface area contributed by atoms with Gasteiger partial charge in [-0.1, -0.05) is 35.6 Å². The van der Waals surface area contributed by atoms with Crippen molar-refractivity contribution in [2.45, 2.75) is 13.0 Å². The van der Waals surface area contributed by atoms with Crippen molar-refractivity contribution in [2.75, 3.05) is 5.32 Å². The van der Waals surface area contributed by atoms with Gasteiger partial charge in [0.2, 0.25) is 5.13 Å². The van der Waals surface area contributed by atoms with Crippen LogP contribution in [0.15, 0.2) is 55.0 Å². The van der Waals surface area contributed by atoms with Crippen LogP contribution >= 0.6 is 11.3 Å². The van der Waals surface area contributed by atoms with Crippen LogP contribution in [0, 0.1) is 6.92 Å². The molecule has 0 aliphatic heterocycles. The maximum atomic E-state index is 4.26. The smallest absolute Gasteiger partial charge is 0.206 e. The van der Waals surface area contributed by atoms with Crippen molar-refractivity contribution < 1.29 is 0 Å². The number of hydrogen-bond donors (Lipinski definition) is 2. The van der Waals surface area contributed by atoms with E-state index in [1.807, 2.05) is 31.5 Å². The predicted molar refractivity (Wildman–Crippen MR) is 92.6 cm³/mol. The van der Waals surface area contributed by atoms with E-state index in [-0.39, 0.29) is 6.04 Å². The molecule has 4 rings (SSSR count). The molecule has 1 unspecified atom stereocenters. The first-order chi connectivity index (χ1) is 11.3. The Labute approximate surface area is 137 Å². The minimum Gasteiger partial charge on any atom is -0.361 e. The molecule has 2 N–H and O–H groups in total. The lowest BCUT2D eigenvalue weighted by Gasteiger charge is -2.17. The van der Waals surface area contributed by atoms with Gasteiger partial charge in [-0.2, -0.15) is 0 Å². The number of para-hydroxylation sites is 1. The molecule has 0 saturated carbocycles. The second-order valence-electron chi connectivity index (χ2n) is 5.28. The zero-order valence-corrected chi connectivity index (χ0v) is 13.3. The molecule has 1 aromatic carbocycles. The lowest BCUT2D eigenvalue weighted by molar-refractivity contribution is 0.918. The Bertz CT molecular complexity index is 928. The van der Waals surface area contributed by atoms with E-state index in [9.17, 15) is 0 Å². The Balaban J connectivity index is 1.81. The van der Waals surface area contributed by atoms with Gasteiger partial charge in [0.25, 0.3) is 0 Å². The van der Waals surface area contributed by atoms with Crippen molar-refractivity contribution in [1.29, 1.82) is 0 Å². The van der Waals surface area contributed by atoms with Crippen LogP contribution < -0.4 is 5.32 Å². The molecule has 0 saturated heterocycles. The van der Waals surface area contributed by atoms with Crippen molar-refractivity contribution in [3.8, 4) is 0 Å². The number of H-pyrrole nitrogens is 1. The van der Waals surface area contributed by atoms with Gasteiger partial charge in [0, 0.05) is 35.1 Å². The molecule has 4 aromatic rings. The molecule has 114 valence electrons. The maximum absolute atomic E-state index is 4.26. The zero-order valence-electron chi connectivity index (χ0n) is 12.5. The first kappa shape index (κ1) is 13.9. The molecule has 23 heavy (non-hydrogen) atoms. The van der Waals surface area contributed by atoms with E-state index < -0.39 is 0 Å². The molecule has 5 nitrogen and oxygen atoms in total. The Morgan fingerprint density at radius 2 is 2.04 bits per heavy atom. The molecule has 3 aromatic heterocycles. The molecule has 0 aliphatic carbocycles. The highest BCUT2D eigenvalue weighted by molar-refractivity contribution is 7.15. The molecule has 0 bridgehead atoms. The van der Waals surface area contributed by atoms with Crippen LogP contribution in [0.25, 0.3) is 10.9 Å². The highest BCUT2D eigenvalue weighted by Crippen LogP contribution is 2.32. The first-order valence-corrected chi connectivity index (χ1v) is 8.15. The normalized spacial score (nSPS) is 12.4. The van der Waals surface area contributed by atoms with Crippen molar-refractivity contribution in [3.05, 3.63) is 71.1 Å². The zero-order chi connectivity index (χ0) is 15.6. The summed E-state index contributed by atoms with van der Waals surface area (Å²) in [5.74, 6) is 0. The van der Waals surface area contributed by atoms with E-state index in [0.717, 1.165) is 21.2 Å². The van der Waals surface area contributed by atoms with Gasteiger partial charge in [0.1, 0.15) is 5.01 Å². The van der Waals surface area contributed by atoms with E-state index in [1.54, 1.807) is 17.5 Å². The fraction of sp³-hybridized carbons (Fsp3) is 0.118. The van der Waals surface area contributed by atoms with Gasteiger partial charge in [0.15, 0.2) is 0 Å². The van der Waals surface area contributed by atoms with Crippen LogP contribution in [0.4, 0.5) is 5.13 Å². The van der Waals surface area contributed by atoms with Crippen LogP contribution in [-0.4, -0.2) is 20.2 Å². The topological polar surface area (TPSA) is 66.5 Å². The van der Waals surface area contributed by atoms with Gasteiger partial charge in [-0.15, -0.1) is 10.2 Å². The van der Waals surface area contributed by atoms with E-state index in [0.29, 0.717) is 0 Å². The molecule has 0 amide bonds. The molecule has 0 spiro atoms. The standard InChI is InChI=1S/C17H15N5S/c1-11-21-22-17(23-11)20-16(12-5-4-8-18-9-12)14-10-19-15-7-3-2-6-13(14)15/h2-10,16,19H,1H3,(H,20,22). The molecular formula is C17H15N5S. The van der Waals surface area contributed by atoms with E-state index >= 15 is 0 Å². The van der Waals surface area contributed by atoms with Gasteiger partial charge < -0.3 is 10.3 Å². The minimum absolute atomic E-state index is 0.0350. The third kappa shape index (κ3) is 2.68. The van der Waals surface area contributed by atoms with Gasteiger partial charge in [0.05, 0.1) is 6.04 Å². The molecule has 1 atom stereocenters. The number of benzene rings is 1. The highest BCUT2D eigenvalue weighted by atomic mass is 32.1. The molecule has 0 fully saturated rings. The summed E-state index contributed by atoms with van der Waals surface area (Å²) in [6.07, 6.45) is 5.71. The monoisotopic (exact) mass is 321 g/mol. The van der Waals surface area contributed by atoms with Crippen LogP contribution in [0.2, 0.25) is 0 Å². The van der Waals surface area contributed by atoms with Crippen molar-refractivity contribution in [1.82, 2.24) is 20.2 Å². The quantitative estimate of drug-likeness (QED) is 0.598. The molecule has 6 heteroatoms. The van der Waals surface area contributed by atoms with E-state index in [4.69, 9.17) is 0 Å². The van der Waals surface area contributed by atoms with Gasteiger partial charge >= 0.3 is 0 Å². The number of anilines is 1. The summed E-state index contributed by atoms with van der Waals surface area (Å²) in [6.45, 7) is 1.95. The second-order valence-corrected chi connectivity index (χ2v) is 6.46. The number of pyridine rings is 1. The second kappa shape index (κ2) is 5.81. The third-order valence-electron chi connectivity index (χ3n) is 3.74. The van der Waals surface area contributed by atoms with Crippen molar-refractivity contribution in [2.24, 2.45) is 0 Å². The molecule has 3 heterocycles. The summed E-state index contributed by atoms with van der Waals surface area (Å²) in [7, 11) is 0. The number of fused-ring (bicyclic) bond motifs is 1. The van der Waals surface area contributed by atoms with Gasteiger partial charge in [-0.05, 0) is 24.6 Å². The summed E-state index contributed by atoms with van der Waals surface area (Å²) < 4.78 is 0. The summed E-state index contributed by atoms with van der Waals surface area (Å²) in [5.41, 5.74) is 3.37. The van der Waals surface area contributed by atoms with Gasteiger partial charge in [-0.25, -0.2) is 0 Å². The molecule has 0 radical (unpaired) electrons. The SMILES string of the molecule is Cc1nnc(NC(c2cccnc2)c2c[nH]c3ccccc23)s1. The fourth-order valence-electron chi connectivity index (χ4n) is 2.70. The number of nitrogens with one attached hydrogen (secondary N) is 2. The molecular weight excluding hydrogens is 306 g/mol. The van der Waals surface area contributed by atoms with Crippen LogP contribution in [0.5, 0.6) is 0 Å². The average Bonchev–Trinajstić information content (AvgIpc) is 3.20. The maximum Gasteiger partial charge on any atom is 0.206 e. The Morgan fingerprint density at radius 3 is 2.83 bits per heavy atom. The third-order valence-corrected chi connectivity index (χ3v) is 4.51. The number of aromatic nitrogens is 4. The Hall–Kier alpha value is -2.73.